The number of carbonyl (C=O) groups is 8. The molecule has 2 heterocycles. The van der Waals surface area contributed by atoms with Crippen LogP contribution in [0.2, 0.25) is 0 Å². The van der Waals surface area contributed by atoms with Gasteiger partial charge < -0.3 is 52.7 Å². The summed E-state index contributed by atoms with van der Waals surface area (Å²) in [5.41, 5.74) is 0. The number of esters is 7. The Hall–Kier alpha value is -4.36. The standard InChI is InChI=1S/C28H39NO18/c1-11(30)29-21-24(41-15(5)34)22(19(9-38-12(2)31)45-27(21)44-18(8)37)47-28-26(43-17(7)36)25(42-16(6)35)23(40-14(4)33)20(46-28)10-39-13(3)32/h19-28H,9-10H2,1-8H3,(H,29,30)/t19?,20?,21-,22+,23-,24?,25?,26-,27+,28-/m0/s1. The van der Waals surface area contributed by atoms with Crippen LogP contribution in [0.3, 0.4) is 0 Å². The first-order valence-electron chi connectivity index (χ1n) is 14.3. The summed E-state index contributed by atoms with van der Waals surface area (Å²) in [7, 11) is 0. The highest BCUT2D eigenvalue weighted by Crippen LogP contribution is 2.34. The molecule has 2 rings (SSSR count). The molecule has 0 aromatic heterocycles. The van der Waals surface area contributed by atoms with Gasteiger partial charge in [0.2, 0.25) is 12.2 Å². The van der Waals surface area contributed by atoms with E-state index in [4.69, 9.17) is 47.4 Å². The fraction of sp³-hybridized carbons (Fsp3) is 0.714. The number of rotatable bonds is 12. The molecule has 1 N–H and O–H groups in total. The molecule has 1 amide bonds. The number of nitrogens with one attached hydrogen (secondary N) is 1. The highest BCUT2D eigenvalue weighted by Gasteiger charge is 2.57. The van der Waals surface area contributed by atoms with Crippen molar-refractivity contribution in [3.05, 3.63) is 0 Å². The molecule has 19 heteroatoms. The zero-order valence-corrected chi connectivity index (χ0v) is 27.0. The second-order valence-corrected chi connectivity index (χ2v) is 10.4. The minimum Gasteiger partial charge on any atom is -0.463 e. The number of hydrogen-bond acceptors (Lipinski definition) is 18. The van der Waals surface area contributed by atoms with E-state index in [1.807, 2.05) is 0 Å². The molecule has 2 aliphatic heterocycles. The molecule has 0 aromatic carbocycles. The van der Waals surface area contributed by atoms with Crippen LogP contribution in [0.15, 0.2) is 0 Å². The summed E-state index contributed by atoms with van der Waals surface area (Å²) in [6.07, 6.45) is -14.2. The Labute approximate surface area is 269 Å². The number of amides is 1. The van der Waals surface area contributed by atoms with Crippen molar-refractivity contribution in [3.63, 3.8) is 0 Å². The van der Waals surface area contributed by atoms with Crippen LogP contribution in [0.4, 0.5) is 0 Å². The van der Waals surface area contributed by atoms with Crippen LogP contribution in [0.25, 0.3) is 0 Å². The Balaban J connectivity index is 2.73. The highest BCUT2D eigenvalue weighted by molar-refractivity contribution is 5.74. The molecule has 0 radical (unpaired) electrons. The second-order valence-electron chi connectivity index (χ2n) is 10.4. The van der Waals surface area contributed by atoms with Gasteiger partial charge in [-0.15, -0.1) is 0 Å². The second kappa shape index (κ2) is 17.5. The Morgan fingerprint density at radius 2 is 0.872 bits per heavy atom. The van der Waals surface area contributed by atoms with E-state index in [0.29, 0.717) is 0 Å². The largest absolute Gasteiger partial charge is 0.463 e. The summed E-state index contributed by atoms with van der Waals surface area (Å²) >= 11 is 0. The van der Waals surface area contributed by atoms with E-state index in [-0.39, 0.29) is 0 Å². The van der Waals surface area contributed by atoms with Crippen LogP contribution >= 0.6 is 0 Å². The Morgan fingerprint density at radius 3 is 1.32 bits per heavy atom. The van der Waals surface area contributed by atoms with E-state index in [1.165, 1.54) is 0 Å². The summed E-state index contributed by atoms with van der Waals surface area (Å²) < 4.78 is 55.2. The van der Waals surface area contributed by atoms with Crippen molar-refractivity contribution in [1.29, 1.82) is 0 Å². The van der Waals surface area contributed by atoms with Crippen LogP contribution < -0.4 is 5.32 Å². The molecule has 2 saturated heterocycles. The minimum atomic E-state index is -1.80. The van der Waals surface area contributed by atoms with Crippen molar-refractivity contribution >= 4 is 47.7 Å². The lowest BCUT2D eigenvalue weighted by Crippen LogP contribution is -2.69. The first-order valence-corrected chi connectivity index (χ1v) is 14.3. The van der Waals surface area contributed by atoms with Gasteiger partial charge in [0.05, 0.1) is 0 Å². The summed E-state index contributed by atoms with van der Waals surface area (Å²) in [4.78, 5) is 96.5. The topological polar surface area (TPSA) is 241 Å². The predicted molar refractivity (Wildman–Crippen MR) is 147 cm³/mol. The van der Waals surface area contributed by atoms with E-state index in [2.05, 4.69) is 5.32 Å². The van der Waals surface area contributed by atoms with Crippen LogP contribution in [-0.2, 0) is 85.7 Å². The van der Waals surface area contributed by atoms with Crippen molar-refractivity contribution in [2.24, 2.45) is 0 Å². The summed E-state index contributed by atoms with van der Waals surface area (Å²) in [5, 5.41) is 2.48. The molecular weight excluding hydrogens is 638 g/mol. The molecule has 0 bridgehead atoms. The molecule has 10 atom stereocenters. The highest BCUT2D eigenvalue weighted by atomic mass is 16.8. The van der Waals surface area contributed by atoms with Gasteiger partial charge in [-0.1, -0.05) is 0 Å². The lowest BCUT2D eigenvalue weighted by atomic mass is 9.94. The monoisotopic (exact) mass is 677 g/mol. The van der Waals surface area contributed by atoms with Crippen molar-refractivity contribution < 1.29 is 85.7 Å². The van der Waals surface area contributed by atoms with E-state index in [1.54, 1.807) is 0 Å². The predicted octanol–water partition coefficient (Wildman–Crippen LogP) is -1.26. The molecule has 264 valence electrons. The van der Waals surface area contributed by atoms with E-state index in [0.717, 1.165) is 55.4 Å². The molecule has 0 saturated carbocycles. The average Bonchev–Trinajstić information content (AvgIpc) is 2.91. The first kappa shape index (κ1) is 38.8. The summed E-state index contributed by atoms with van der Waals surface area (Å²) in [6, 6.07) is -1.43. The van der Waals surface area contributed by atoms with E-state index in [9.17, 15) is 38.4 Å². The normalized spacial score (nSPS) is 30.0. The zero-order chi connectivity index (χ0) is 35.6. The number of carbonyl (C=O) groups excluding carboxylic acids is 8. The fourth-order valence-electron chi connectivity index (χ4n) is 4.84. The quantitative estimate of drug-likeness (QED) is 0.187. The van der Waals surface area contributed by atoms with Crippen molar-refractivity contribution in [1.82, 2.24) is 5.32 Å². The molecule has 0 spiro atoms. The maximum Gasteiger partial charge on any atom is 0.305 e. The Morgan fingerprint density at radius 1 is 0.468 bits per heavy atom. The van der Waals surface area contributed by atoms with Gasteiger partial charge in [-0.2, -0.15) is 0 Å². The Kier molecular flexibility index (Phi) is 14.5. The minimum absolute atomic E-state index is 0.577. The molecule has 19 nitrogen and oxygen atoms in total. The van der Waals surface area contributed by atoms with Gasteiger partial charge in [-0.3, -0.25) is 38.4 Å². The molecule has 47 heavy (non-hydrogen) atoms. The van der Waals surface area contributed by atoms with Crippen LogP contribution in [0.1, 0.15) is 55.4 Å². The maximum absolute atomic E-state index is 12.3. The third kappa shape index (κ3) is 12.1. The third-order valence-corrected chi connectivity index (χ3v) is 6.29. The van der Waals surface area contributed by atoms with Crippen molar-refractivity contribution in [3.8, 4) is 0 Å². The van der Waals surface area contributed by atoms with Gasteiger partial charge in [0.15, 0.2) is 30.7 Å². The Bertz CT molecular complexity index is 1200. The van der Waals surface area contributed by atoms with Gasteiger partial charge in [-0.05, 0) is 0 Å². The summed E-state index contributed by atoms with van der Waals surface area (Å²) in [6.45, 7) is 7.30. The van der Waals surface area contributed by atoms with Crippen LogP contribution in [-0.4, -0.2) is 122 Å². The summed E-state index contributed by atoms with van der Waals surface area (Å²) in [5.74, 6) is -6.64. The van der Waals surface area contributed by atoms with Gasteiger partial charge in [0.25, 0.3) is 0 Å². The number of hydrogen-bond donors (Lipinski definition) is 1. The van der Waals surface area contributed by atoms with Gasteiger partial charge in [0, 0.05) is 55.4 Å². The third-order valence-electron chi connectivity index (χ3n) is 6.29. The van der Waals surface area contributed by atoms with Gasteiger partial charge in [-0.25, -0.2) is 0 Å². The zero-order valence-electron chi connectivity index (χ0n) is 27.0. The molecule has 0 aliphatic carbocycles. The van der Waals surface area contributed by atoms with Crippen molar-refractivity contribution in [2.45, 2.75) is 117 Å². The lowest BCUT2D eigenvalue weighted by Gasteiger charge is -2.48. The molecule has 0 aromatic rings. The average molecular weight is 678 g/mol. The van der Waals surface area contributed by atoms with Crippen LogP contribution in [0, 0.1) is 0 Å². The number of ether oxygens (including phenoxy) is 10. The first-order chi connectivity index (χ1) is 21.9. The van der Waals surface area contributed by atoms with Crippen molar-refractivity contribution in [2.75, 3.05) is 13.2 Å². The van der Waals surface area contributed by atoms with Gasteiger partial charge in [0.1, 0.15) is 37.6 Å². The SMILES string of the molecule is CC(=O)N[C@H]1C(OC(C)=O)[C@H](O[C@@H]2OC(COC(C)=O)[C@H](OC(C)=O)C(OC(C)=O)[C@@H]2OC(C)=O)C(COC(C)=O)O[C@H]1OC(C)=O. The molecular formula is C28H39NO18. The van der Waals surface area contributed by atoms with E-state index < -0.39 is 122 Å². The maximum atomic E-state index is 12.3. The fourth-order valence-corrected chi connectivity index (χ4v) is 4.84. The molecule has 4 unspecified atom stereocenters. The molecule has 2 aliphatic rings. The smallest absolute Gasteiger partial charge is 0.305 e. The molecule has 2 fully saturated rings. The lowest BCUT2D eigenvalue weighted by molar-refractivity contribution is -0.348. The van der Waals surface area contributed by atoms with Crippen LogP contribution in [0.5, 0.6) is 0 Å². The van der Waals surface area contributed by atoms with Gasteiger partial charge >= 0.3 is 41.8 Å². The van der Waals surface area contributed by atoms with E-state index >= 15 is 0 Å².